The van der Waals surface area contributed by atoms with Crippen LogP contribution in [0.1, 0.15) is 34.5 Å². The van der Waals surface area contributed by atoms with Crippen molar-refractivity contribution < 1.29 is 13.9 Å². The molecule has 1 aromatic carbocycles. The predicted octanol–water partition coefficient (Wildman–Crippen LogP) is 3.92. The molecule has 0 bridgehead atoms. The van der Waals surface area contributed by atoms with Crippen molar-refractivity contribution in [3.63, 3.8) is 0 Å². The third kappa shape index (κ3) is 5.28. The zero-order valence-corrected chi connectivity index (χ0v) is 19.5. The van der Waals surface area contributed by atoms with Crippen molar-refractivity contribution in [2.75, 3.05) is 32.0 Å². The van der Waals surface area contributed by atoms with Gasteiger partial charge in [-0.1, -0.05) is 0 Å². The molecule has 1 amide bonds. The van der Waals surface area contributed by atoms with Crippen molar-refractivity contribution in [1.29, 1.82) is 0 Å². The summed E-state index contributed by atoms with van der Waals surface area (Å²) < 4.78 is 20.4. The molecule has 8 nitrogen and oxygen atoms in total. The van der Waals surface area contributed by atoms with E-state index in [0.717, 1.165) is 38.9 Å². The smallest absolute Gasteiger partial charge is 0.259 e. The number of amides is 1. The molecular formula is C23H27FN6O2S. The Kier molecular flexibility index (Phi) is 7.14. The van der Waals surface area contributed by atoms with Gasteiger partial charge in [0.2, 0.25) is 0 Å². The van der Waals surface area contributed by atoms with Crippen molar-refractivity contribution in [2.24, 2.45) is 10.7 Å². The Bertz CT molecular complexity index is 1180. The van der Waals surface area contributed by atoms with Gasteiger partial charge in [-0.3, -0.25) is 9.69 Å². The van der Waals surface area contributed by atoms with E-state index in [2.05, 4.69) is 25.2 Å². The number of aliphatic imine (C=N–C) groups is 1. The first-order chi connectivity index (χ1) is 16.0. The lowest BCUT2D eigenvalue weighted by Gasteiger charge is -2.33. The van der Waals surface area contributed by atoms with Crippen molar-refractivity contribution >= 4 is 45.2 Å². The summed E-state index contributed by atoms with van der Waals surface area (Å²) in [6.07, 6.45) is 6.10. The number of benzene rings is 1. The summed E-state index contributed by atoms with van der Waals surface area (Å²) in [6, 6.07) is 4.40. The number of ether oxygens (including phenoxy) is 1. The van der Waals surface area contributed by atoms with Crippen LogP contribution in [-0.2, 0) is 0 Å². The van der Waals surface area contributed by atoms with E-state index in [0.29, 0.717) is 37.9 Å². The number of nitrogens with zero attached hydrogens (tertiary/aromatic N) is 4. The number of fused-ring (bicyclic) bond motifs is 1. The fourth-order valence-corrected chi connectivity index (χ4v) is 5.09. The lowest BCUT2D eigenvalue weighted by atomic mass is 10.1. The molecule has 0 spiro atoms. The van der Waals surface area contributed by atoms with Gasteiger partial charge in [-0.05, 0) is 56.6 Å². The highest BCUT2D eigenvalue weighted by Crippen LogP contribution is 2.36. The number of carbonyl (C=O) groups excluding carboxylic acids is 1. The van der Waals surface area contributed by atoms with E-state index in [1.54, 1.807) is 13.1 Å². The summed E-state index contributed by atoms with van der Waals surface area (Å²) in [4.78, 5) is 27.9. The SMILES string of the molecule is CN=CCCN1CCCC(Oc2cc(F)ccc2Nc2ncnc3sc(C(N)=O)c(C)c23)C1. The minimum absolute atomic E-state index is 0.0468. The molecule has 174 valence electrons. The number of likely N-dealkylation sites (tertiary alicyclic amines) is 1. The van der Waals surface area contributed by atoms with Crippen LogP contribution in [0.2, 0.25) is 0 Å². The molecule has 1 aliphatic heterocycles. The van der Waals surface area contributed by atoms with Crippen LogP contribution in [0.15, 0.2) is 29.5 Å². The van der Waals surface area contributed by atoms with Gasteiger partial charge in [-0.15, -0.1) is 11.3 Å². The van der Waals surface area contributed by atoms with E-state index in [1.807, 2.05) is 13.1 Å². The summed E-state index contributed by atoms with van der Waals surface area (Å²) >= 11 is 1.23. The largest absolute Gasteiger partial charge is 0.487 e. The zero-order valence-electron chi connectivity index (χ0n) is 18.7. The van der Waals surface area contributed by atoms with E-state index >= 15 is 0 Å². The second kappa shape index (κ2) is 10.2. The van der Waals surface area contributed by atoms with Crippen LogP contribution in [0.25, 0.3) is 10.2 Å². The first kappa shape index (κ1) is 23.1. The number of rotatable bonds is 8. The zero-order chi connectivity index (χ0) is 23.4. The molecule has 1 fully saturated rings. The Labute approximate surface area is 195 Å². The molecule has 0 saturated carbocycles. The van der Waals surface area contributed by atoms with Gasteiger partial charge < -0.3 is 20.8 Å². The van der Waals surface area contributed by atoms with E-state index in [4.69, 9.17) is 10.5 Å². The van der Waals surface area contributed by atoms with E-state index in [9.17, 15) is 9.18 Å². The minimum Gasteiger partial charge on any atom is -0.487 e. The van der Waals surface area contributed by atoms with Gasteiger partial charge in [-0.25, -0.2) is 14.4 Å². The van der Waals surface area contributed by atoms with Crippen molar-refractivity contribution in [1.82, 2.24) is 14.9 Å². The second-order valence-corrected chi connectivity index (χ2v) is 9.00. The predicted molar refractivity (Wildman–Crippen MR) is 129 cm³/mol. The molecule has 0 aliphatic carbocycles. The number of hydrogen-bond donors (Lipinski definition) is 2. The second-order valence-electron chi connectivity index (χ2n) is 8.00. The molecular weight excluding hydrogens is 443 g/mol. The van der Waals surface area contributed by atoms with Gasteiger partial charge in [0.15, 0.2) is 0 Å². The van der Waals surface area contributed by atoms with Gasteiger partial charge in [0.1, 0.15) is 34.6 Å². The number of piperidine rings is 1. The number of carbonyl (C=O) groups is 1. The number of primary amides is 1. The first-order valence-electron chi connectivity index (χ1n) is 10.9. The Balaban J connectivity index is 1.58. The molecule has 3 heterocycles. The maximum atomic E-state index is 14.1. The van der Waals surface area contributed by atoms with Crippen molar-refractivity contribution in [3.05, 3.63) is 40.8 Å². The maximum Gasteiger partial charge on any atom is 0.259 e. The molecule has 1 saturated heterocycles. The minimum atomic E-state index is -0.501. The van der Waals surface area contributed by atoms with Crippen molar-refractivity contribution in [2.45, 2.75) is 32.3 Å². The van der Waals surface area contributed by atoms with Crippen molar-refractivity contribution in [3.8, 4) is 5.75 Å². The quantitative estimate of drug-likeness (QED) is 0.484. The summed E-state index contributed by atoms with van der Waals surface area (Å²) in [7, 11) is 1.78. The molecule has 4 rings (SSSR count). The number of thiophene rings is 1. The van der Waals surface area contributed by atoms with E-state index in [-0.39, 0.29) is 11.9 Å². The molecule has 3 aromatic rings. The summed E-state index contributed by atoms with van der Waals surface area (Å²) in [5, 5.41) is 3.98. The Hall–Kier alpha value is -3.11. The van der Waals surface area contributed by atoms with Gasteiger partial charge in [-0.2, -0.15) is 0 Å². The molecule has 2 aromatic heterocycles. The van der Waals surface area contributed by atoms with Crippen LogP contribution < -0.4 is 15.8 Å². The number of nitrogens with two attached hydrogens (primary N) is 1. The highest BCUT2D eigenvalue weighted by molar-refractivity contribution is 7.20. The average molecular weight is 471 g/mol. The maximum absolute atomic E-state index is 14.1. The third-order valence-electron chi connectivity index (χ3n) is 5.66. The van der Waals surface area contributed by atoms with Crippen LogP contribution >= 0.6 is 11.3 Å². The Morgan fingerprint density at radius 2 is 2.30 bits per heavy atom. The molecule has 10 heteroatoms. The first-order valence-corrected chi connectivity index (χ1v) is 11.7. The topological polar surface area (TPSA) is 106 Å². The van der Waals surface area contributed by atoms with Crippen LogP contribution in [0, 0.1) is 12.7 Å². The van der Waals surface area contributed by atoms with Crippen LogP contribution in [0.4, 0.5) is 15.9 Å². The lowest BCUT2D eigenvalue weighted by molar-refractivity contribution is 0.0907. The van der Waals surface area contributed by atoms with Gasteiger partial charge in [0, 0.05) is 26.2 Å². The number of hydrogen-bond acceptors (Lipinski definition) is 8. The molecule has 1 atom stereocenters. The summed E-state index contributed by atoms with van der Waals surface area (Å²) in [5.41, 5.74) is 6.82. The number of nitrogens with one attached hydrogen (secondary N) is 1. The standard InChI is InChI=1S/C23H27FN6O2S/c1-14-19-22(27-13-28-23(19)33-20(14)21(25)31)29-17-7-6-15(24)11-18(17)32-16-5-3-9-30(12-16)10-4-8-26-2/h6-8,11,13,16H,3-5,9-10,12H2,1-2H3,(H2,25,31)(H,27,28,29). The fourth-order valence-electron chi connectivity index (χ4n) is 4.09. The van der Waals surface area contributed by atoms with Crippen LogP contribution in [0.5, 0.6) is 5.75 Å². The summed E-state index contributed by atoms with van der Waals surface area (Å²) in [5.74, 6) is 0.0609. The number of aromatic nitrogens is 2. The molecule has 1 unspecified atom stereocenters. The van der Waals surface area contributed by atoms with Gasteiger partial charge in [0.05, 0.1) is 16.0 Å². The van der Waals surface area contributed by atoms with Crippen LogP contribution in [-0.4, -0.2) is 59.8 Å². The molecule has 3 N–H and O–H groups in total. The number of anilines is 2. The molecule has 1 aliphatic rings. The lowest BCUT2D eigenvalue weighted by Crippen LogP contribution is -2.41. The fraction of sp³-hybridized carbons (Fsp3) is 0.391. The molecule has 0 radical (unpaired) electrons. The number of halogens is 1. The summed E-state index contributed by atoms with van der Waals surface area (Å²) in [6.45, 7) is 4.53. The Morgan fingerprint density at radius 3 is 3.09 bits per heavy atom. The number of aryl methyl sites for hydroxylation is 1. The molecule has 33 heavy (non-hydrogen) atoms. The van der Waals surface area contributed by atoms with Crippen LogP contribution in [0.3, 0.4) is 0 Å². The van der Waals surface area contributed by atoms with Gasteiger partial charge in [0.25, 0.3) is 5.91 Å². The monoisotopic (exact) mass is 470 g/mol. The highest BCUT2D eigenvalue weighted by Gasteiger charge is 2.23. The highest BCUT2D eigenvalue weighted by atomic mass is 32.1. The van der Waals surface area contributed by atoms with E-state index in [1.165, 1.54) is 29.8 Å². The van der Waals surface area contributed by atoms with Gasteiger partial charge >= 0.3 is 0 Å². The average Bonchev–Trinajstić information content (AvgIpc) is 3.14. The normalized spacial score (nSPS) is 17.0. The third-order valence-corrected chi connectivity index (χ3v) is 6.87. The Morgan fingerprint density at radius 1 is 1.45 bits per heavy atom. The van der Waals surface area contributed by atoms with E-state index < -0.39 is 5.91 Å².